The van der Waals surface area contributed by atoms with Gasteiger partial charge in [0.05, 0.1) is 11.0 Å². The summed E-state index contributed by atoms with van der Waals surface area (Å²) < 4.78 is 2.44. The van der Waals surface area contributed by atoms with Crippen molar-refractivity contribution in [2.45, 2.75) is 6.92 Å². The van der Waals surface area contributed by atoms with Crippen molar-refractivity contribution < 1.29 is 0 Å². The molecule has 0 amide bonds. The first-order valence-electron chi connectivity index (χ1n) is 12.0. The number of benzene rings is 4. The van der Waals surface area contributed by atoms with Gasteiger partial charge >= 0.3 is 0 Å². The second-order valence-electron chi connectivity index (χ2n) is 9.67. The molecule has 5 aromatic rings. The monoisotopic (exact) mass is 435 g/mol. The zero-order chi connectivity index (χ0) is 22.7. The molecule has 0 N–H and O–H groups in total. The second kappa shape index (κ2) is 7.20. The first-order valence-corrected chi connectivity index (χ1v) is 12.0. The van der Waals surface area contributed by atoms with Gasteiger partial charge in [-0.05, 0) is 46.2 Å². The van der Waals surface area contributed by atoms with Gasteiger partial charge in [0, 0.05) is 27.8 Å². The summed E-state index contributed by atoms with van der Waals surface area (Å²) in [6.45, 7) is 2.31. The zero-order valence-corrected chi connectivity index (χ0v) is 19.1. The fourth-order valence-electron chi connectivity index (χ4n) is 5.71. The lowest BCUT2D eigenvalue weighted by Crippen LogP contribution is -2.24. The number of nitrogens with zero attached hydrogens (tertiary/aromatic N) is 1. The van der Waals surface area contributed by atoms with Crippen LogP contribution < -0.4 is 0 Å². The van der Waals surface area contributed by atoms with E-state index in [4.69, 9.17) is 0 Å². The van der Waals surface area contributed by atoms with Crippen molar-refractivity contribution >= 4 is 38.3 Å². The van der Waals surface area contributed by atoms with Crippen LogP contribution in [0, 0.1) is 11.3 Å². The third-order valence-electron chi connectivity index (χ3n) is 7.58. The molecular weight excluding hydrogens is 410 g/mol. The van der Waals surface area contributed by atoms with Crippen LogP contribution in [0.4, 0.5) is 0 Å². The van der Waals surface area contributed by atoms with Crippen LogP contribution in [-0.4, -0.2) is 4.57 Å². The summed E-state index contributed by atoms with van der Waals surface area (Å²) in [5, 5.41) is 5.21. The van der Waals surface area contributed by atoms with Crippen molar-refractivity contribution in [1.82, 2.24) is 4.57 Å². The molecule has 1 unspecified atom stereocenters. The highest BCUT2D eigenvalue weighted by Crippen LogP contribution is 2.43. The maximum Gasteiger partial charge on any atom is 0.0547 e. The van der Waals surface area contributed by atoms with Crippen LogP contribution in [0.3, 0.4) is 0 Å². The van der Waals surface area contributed by atoms with E-state index in [1.807, 2.05) is 0 Å². The minimum Gasteiger partial charge on any atom is -0.310 e. The highest BCUT2D eigenvalue weighted by atomic mass is 15.0. The first-order chi connectivity index (χ1) is 16.7. The van der Waals surface area contributed by atoms with Crippen molar-refractivity contribution in [2.24, 2.45) is 11.3 Å². The average Bonchev–Trinajstić information content (AvgIpc) is 3.23. The Morgan fingerprint density at radius 3 is 2.47 bits per heavy atom. The van der Waals surface area contributed by atoms with Gasteiger partial charge in [0.1, 0.15) is 0 Å². The van der Waals surface area contributed by atoms with Gasteiger partial charge in [0.2, 0.25) is 0 Å². The predicted octanol–water partition coefficient (Wildman–Crippen LogP) is 8.77. The standard InChI is InChI=1S/C33H25N/c1-33-19-8-7-11-26(33)22-27(18-20-33)34-30-13-6-5-12-29(30)32-28-16-14-24(23-9-3-2-4-10-23)21-25(28)15-17-31(32)34/h2-22,26H,1H3/t26-,33?/m0/s1. The fraction of sp³-hybridized carbons (Fsp3) is 0.0909. The van der Waals surface area contributed by atoms with E-state index in [1.54, 1.807) is 0 Å². The number of allylic oxidation sites excluding steroid dienone is 8. The van der Waals surface area contributed by atoms with Crippen LogP contribution >= 0.6 is 0 Å². The lowest BCUT2D eigenvalue weighted by Gasteiger charge is -2.34. The third kappa shape index (κ3) is 2.80. The molecule has 0 saturated heterocycles. The van der Waals surface area contributed by atoms with Gasteiger partial charge < -0.3 is 4.57 Å². The molecule has 0 saturated carbocycles. The number of rotatable bonds is 2. The maximum atomic E-state index is 2.44. The molecule has 0 fully saturated rings. The van der Waals surface area contributed by atoms with E-state index in [1.165, 1.54) is 49.4 Å². The molecule has 2 atom stereocenters. The van der Waals surface area contributed by atoms with E-state index >= 15 is 0 Å². The summed E-state index contributed by atoms with van der Waals surface area (Å²) in [5.41, 5.74) is 6.32. The molecule has 7 rings (SSSR count). The molecule has 4 aromatic carbocycles. The Morgan fingerprint density at radius 1 is 0.706 bits per heavy atom. The molecule has 1 heterocycles. The fourth-order valence-corrected chi connectivity index (χ4v) is 5.71. The Hall–Kier alpha value is -4.10. The van der Waals surface area contributed by atoms with Gasteiger partial charge in [0.15, 0.2) is 0 Å². The van der Waals surface area contributed by atoms with E-state index in [2.05, 4.69) is 139 Å². The SMILES string of the molecule is CC12C=CC=C[C@H]1C=C(n1c3ccccc3c3c4ccc(-c5ccccc5)cc4ccc31)C=C2. The predicted molar refractivity (Wildman–Crippen MR) is 146 cm³/mol. The van der Waals surface area contributed by atoms with Crippen LogP contribution in [0.5, 0.6) is 0 Å². The largest absolute Gasteiger partial charge is 0.310 e. The molecule has 2 aliphatic rings. The van der Waals surface area contributed by atoms with Gasteiger partial charge in [-0.1, -0.05) is 110 Å². The smallest absolute Gasteiger partial charge is 0.0547 e. The van der Waals surface area contributed by atoms with Crippen LogP contribution in [0.25, 0.3) is 49.4 Å². The molecule has 0 radical (unpaired) electrons. The maximum absolute atomic E-state index is 2.44. The van der Waals surface area contributed by atoms with E-state index in [9.17, 15) is 0 Å². The molecule has 0 bridgehead atoms. The minimum atomic E-state index is 0.0531. The van der Waals surface area contributed by atoms with E-state index in [-0.39, 0.29) is 5.41 Å². The van der Waals surface area contributed by atoms with Crippen molar-refractivity contribution in [2.75, 3.05) is 0 Å². The van der Waals surface area contributed by atoms with Crippen LogP contribution in [0.1, 0.15) is 6.92 Å². The van der Waals surface area contributed by atoms with E-state index in [0.717, 1.165) is 0 Å². The van der Waals surface area contributed by atoms with E-state index < -0.39 is 0 Å². The molecule has 162 valence electrons. The van der Waals surface area contributed by atoms with Crippen molar-refractivity contribution in [3.8, 4) is 11.1 Å². The van der Waals surface area contributed by atoms with Gasteiger partial charge in [-0.3, -0.25) is 0 Å². The van der Waals surface area contributed by atoms with Gasteiger partial charge in [-0.2, -0.15) is 0 Å². The first kappa shape index (κ1) is 19.4. The Balaban J connectivity index is 1.48. The third-order valence-corrected chi connectivity index (χ3v) is 7.58. The average molecular weight is 436 g/mol. The summed E-state index contributed by atoms with van der Waals surface area (Å²) >= 11 is 0. The molecule has 2 aliphatic carbocycles. The highest BCUT2D eigenvalue weighted by Gasteiger charge is 2.31. The normalized spacial score (nSPS) is 21.3. The number of hydrogen-bond acceptors (Lipinski definition) is 0. The molecule has 34 heavy (non-hydrogen) atoms. The van der Waals surface area contributed by atoms with Crippen molar-refractivity contribution in [3.05, 3.63) is 127 Å². The highest BCUT2D eigenvalue weighted by molar-refractivity contribution is 6.22. The van der Waals surface area contributed by atoms with Crippen LogP contribution in [0.15, 0.2) is 127 Å². The summed E-state index contributed by atoms with van der Waals surface area (Å²) in [6.07, 6.45) is 16.0. The molecular formula is C33H25N. The summed E-state index contributed by atoms with van der Waals surface area (Å²) in [7, 11) is 0. The quantitative estimate of drug-likeness (QED) is 0.261. The number of hydrogen-bond donors (Lipinski definition) is 0. The summed E-state index contributed by atoms with van der Waals surface area (Å²) in [6, 6.07) is 30.9. The summed E-state index contributed by atoms with van der Waals surface area (Å²) in [5.74, 6) is 0.364. The summed E-state index contributed by atoms with van der Waals surface area (Å²) in [4.78, 5) is 0. The Bertz CT molecular complexity index is 1710. The Labute approximate surface area is 199 Å². The zero-order valence-electron chi connectivity index (χ0n) is 19.1. The minimum absolute atomic E-state index is 0.0531. The van der Waals surface area contributed by atoms with Gasteiger partial charge in [-0.15, -0.1) is 0 Å². The Kier molecular flexibility index (Phi) is 4.10. The lowest BCUT2D eigenvalue weighted by atomic mass is 9.71. The van der Waals surface area contributed by atoms with Gasteiger partial charge in [0.25, 0.3) is 0 Å². The number of para-hydroxylation sites is 1. The van der Waals surface area contributed by atoms with Crippen molar-refractivity contribution in [1.29, 1.82) is 0 Å². The topological polar surface area (TPSA) is 4.93 Å². The van der Waals surface area contributed by atoms with Gasteiger partial charge in [-0.25, -0.2) is 0 Å². The Morgan fingerprint density at radius 2 is 1.56 bits per heavy atom. The number of fused-ring (bicyclic) bond motifs is 6. The van der Waals surface area contributed by atoms with Crippen molar-refractivity contribution in [3.63, 3.8) is 0 Å². The van der Waals surface area contributed by atoms with Crippen LogP contribution in [0.2, 0.25) is 0 Å². The molecule has 1 heteroatoms. The molecule has 0 spiro atoms. The van der Waals surface area contributed by atoms with E-state index in [0.29, 0.717) is 5.92 Å². The molecule has 0 aliphatic heterocycles. The van der Waals surface area contributed by atoms with Crippen LogP contribution in [-0.2, 0) is 0 Å². The molecule has 1 aromatic heterocycles. The number of aromatic nitrogens is 1. The second-order valence-corrected chi connectivity index (χ2v) is 9.67. The molecule has 1 nitrogen and oxygen atoms in total. The lowest BCUT2D eigenvalue weighted by molar-refractivity contribution is 0.453.